The van der Waals surface area contributed by atoms with E-state index in [0.717, 1.165) is 16.8 Å². The molecule has 0 aliphatic rings. The van der Waals surface area contributed by atoms with Crippen molar-refractivity contribution in [3.05, 3.63) is 82.2 Å². The van der Waals surface area contributed by atoms with Gasteiger partial charge in [0.15, 0.2) is 5.75 Å². The van der Waals surface area contributed by atoms with Crippen molar-refractivity contribution < 1.29 is 5.11 Å². The van der Waals surface area contributed by atoms with Gasteiger partial charge >= 0.3 is 0 Å². The van der Waals surface area contributed by atoms with Crippen LogP contribution in [0, 0.1) is 0 Å². The average molecular weight is 298 g/mol. The van der Waals surface area contributed by atoms with Gasteiger partial charge in [-0.15, -0.1) is 0 Å². The van der Waals surface area contributed by atoms with Crippen LogP contribution in [0.1, 0.15) is 0 Å². The van der Waals surface area contributed by atoms with Crippen LogP contribution in [0.25, 0.3) is 16.8 Å². The number of hydrogen-bond acceptors (Lipinski definition) is 2. The fraction of sp³-hybridized carbons (Fsp3) is 0. The summed E-state index contributed by atoms with van der Waals surface area (Å²) in [6, 6.07) is 16.7. The Morgan fingerprint density at radius 2 is 1.76 bits per heavy atom. The summed E-state index contributed by atoms with van der Waals surface area (Å²) in [5.41, 5.74) is 2.32. The second-order valence-corrected chi connectivity index (χ2v) is 5.04. The number of hydrogen-bond donors (Lipinski definition) is 1. The largest absolute Gasteiger partial charge is 0.503 e. The molecule has 21 heavy (non-hydrogen) atoms. The molecule has 4 heteroatoms. The lowest BCUT2D eigenvalue weighted by molar-refractivity contribution is 0.465. The number of nitrogens with zero attached hydrogens (tertiary/aromatic N) is 1. The summed E-state index contributed by atoms with van der Waals surface area (Å²) in [4.78, 5) is 11.3. The number of halogens is 1. The number of benzene rings is 2. The van der Waals surface area contributed by atoms with Gasteiger partial charge in [0, 0.05) is 28.5 Å². The van der Waals surface area contributed by atoms with Crippen LogP contribution in [0.5, 0.6) is 5.75 Å². The molecule has 0 saturated heterocycles. The average Bonchev–Trinajstić information content (AvgIpc) is 2.51. The van der Waals surface area contributed by atoms with E-state index in [0.29, 0.717) is 5.02 Å². The van der Waals surface area contributed by atoms with Crippen LogP contribution in [0.4, 0.5) is 0 Å². The minimum Gasteiger partial charge on any atom is -0.503 e. The highest BCUT2D eigenvalue weighted by molar-refractivity contribution is 6.33. The van der Waals surface area contributed by atoms with Crippen LogP contribution < -0.4 is 5.43 Å². The first-order chi connectivity index (χ1) is 10.1. The number of aromatic hydroxyl groups is 1. The molecule has 2 aromatic carbocycles. The van der Waals surface area contributed by atoms with Gasteiger partial charge in [-0.05, 0) is 23.8 Å². The van der Waals surface area contributed by atoms with Crippen molar-refractivity contribution in [3.8, 4) is 22.6 Å². The highest BCUT2D eigenvalue weighted by Crippen LogP contribution is 2.29. The summed E-state index contributed by atoms with van der Waals surface area (Å²) in [6.07, 6.45) is 3.00. The first-order valence-electron chi connectivity index (χ1n) is 6.42. The van der Waals surface area contributed by atoms with E-state index in [1.54, 1.807) is 16.8 Å². The molecule has 0 atom stereocenters. The molecule has 1 heterocycles. The van der Waals surface area contributed by atoms with E-state index in [-0.39, 0.29) is 5.75 Å². The Balaban J connectivity index is 2.13. The van der Waals surface area contributed by atoms with Crippen LogP contribution in [-0.4, -0.2) is 9.67 Å². The van der Waals surface area contributed by atoms with Crippen molar-refractivity contribution in [2.45, 2.75) is 0 Å². The standard InChI is InChI=1S/C17H12ClNO2/c18-15-7-6-13(19-9-8-16(20)17(21)11-19)10-14(15)12-4-2-1-3-5-12/h1-11,21H. The van der Waals surface area contributed by atoms with E-state index in [9.17, 15) is 9.90 Å². The van der Waals surface area contributed by atoms with Gasteiger partial charge in [-0.1, -0.05) is 41.9 Å². The summed E-state index contributed by atoms with van der Waals surface area (Å²) in [5.74, 6) is -0.284. The van der Waals surface area contributed by atoms with Crippen LogP contribution in [0.2, 0.25) is 5.02 Å². The SMILES string of the molecule is O=c1ccn(-c2ccc(Cl)c(-c3ccccc3)c2)cc1O. The van der Waals surface area contributed by atoms with Gasteiger partial charge in [0.25, 0.3) is 0 Å². The van der Waals surface area contributed by atoms with E-state index in [2.05, 4.69) is 0 Å². The van der Waals surface area contributed by atoms with Crippen molar-refractivity contribution in [1.82, 2.24) is 4.57 Å². The maximum atomic E-state index is 11.3. The zero-order valence-electron chi connectivity index (χ0n) is 11.0. The third-order valence-corrected chi connectivity index (χ3v) is 3.56. The summed E-state index contributed by atoms with van der Waals surface area (Å²) in [6.45, 7) is 0. The molecule has 0 spiro atoms. The second kappa shape index (κ2) is 5.46. The van der Waals surface area contributed by atoms with E-state index in [4.69, 9.17) is 11.6 Å². The van der Waals surface area contributed by atoms with Gasteiger partial charge in [-0.25, -0.2) is 0 Å². The molecule has 0 saturated carbocycles. The molecule has 0 bridgehead atoms. The fourth-order valence-corrected chi connectivity index (χ4v) is 2.37. The van der Waals surface area contributed by atoms with Crippen molar-refractivity contribution in [1.29, 1.82) is 0 Å². The third kappa shape index (κ3) is 2.69. The quantitative estimate of drug-likeness (QED) is 0.780. The fourth-order valence-electron chi connectivity index (χ4n) is 2.15. The van der Waals surface area contributed by atoms with Gasteiger partial charge in [0.1, 0.15) is 0 Å². The van der Waals surface area contributed by atoms with Gasteiger partial charge in [-0.3, -0.25) is 4.79 Å². The molecule has 0 unspecified atom stereocenters. The first kappa shape index (κ1) is 13.5. The molecule has 0 radical (unpaired) electrons. The van der Waals surface area contributed by atoms with Crippen molar-refractivity contribution in [2.24, 2.45) is 0 Å². The molecular formula is C17H12ClNO2. The predicted molar refractivity (Wildman–Crippen MR) is 84.1 cm³/mol. The molecule has 0 fully saturated rings. The van der Waals surface area contributed by atoms with Crippen molar-refractivity contribution in [2.75, 3.05) is 0 Å². The molecule has 0 aliphatic carbocycles. The highest BCUT2D eigenvalue weighted by Gasteiger charge is 2.06. The summed E-state index contributed by atoms with van der Waals surface area (Å²) in [5, 5.41) is 10.2. The minimum atomic E-state index is -0.400. The molecule has 3 rings (SSSR count). The monoisotopic (exact) mass is 297 g/mol. The normalized spacial score (nSPS) is 10.5. The maximum Gasteiger partial charge on any atom is 0.223 e. The van der Waals surface area contributed by atoms with E-state index in [1.165, 1.54) is 12.3 Å². The van der Waals surface area contributed by atoms with Gasteiger partial charge < -0.3 is 9.67 Å². The Bertz CT molecular complexity index is 841. The summed E-state index contributed by atoms with van der Waals surface area (Å²) in [7, 11) is 0. The Morgan fingerprint density at radius 1 is 1.00 bits per heavy atom. The number of aromatic nitrogens is 1. The van der Waals surface area contributed by atoms with Crippen LogP contribution in [0.15, 0.2) is 71.8 Å². The topological polar surface area (TPSA) is 42.2 Å². The van der Waals surface area contributed by atoms with Gasteiger partial charge in [0.2, 0.25) is 5.43 Å². The predicted octanol–water partition coefficient (Wildman–Crippen LogP) is 3.86. The zero-order valence-corrected chi connectivity index (χ0v) is 11.8. The molecule has 0 amide bonds. The summed E-state index contributed by atoms with van der Waals surface area (Å²) >= 11 is 6.27. The van der Waals surface area contributed by atoms with Crippen LogP contribution in [0.3, 0.4) is 0 Å². The second-order valence-electron chi connectivity index (χ2n) is 4.63. The van der Waals surface area contributed by atoms with Gasteiger partial charge in [-0.2, -0.15) is 0 Å². The van der Waals surface area contributed by atoms with E-state index in [1.807, 2.05) is 42.5 Å². The first-order valence-corrected chi connectivity index (χ1v) is 6.79. The lowest BCUT2D eigenvalue weighted by Crippen LogP contribution is -2.03. The Hall–Kier alpha value is -2.52. The minimum absolute atomic E-state index is 0.284. The number of rotatable bonds is 2. The highest BCUT2D eigenvalue weighted by atomic mass is 35.5. The molecule has 3 aromatic rings. The molecule has 104 valence electrons. The van der Waals surface area contributed by atoms with Gasteiger partial charge in [0.05, 0.1) is 6.20 Å². The molecular weight excluding hydrogens is 286 g/mol. The van der Waals surface area contributed by atoms with Crippen molar-refractivity contribution in [3.63, 3.8) is 0 Å². The Morgan fingerprint density at radius 3 is 2.48 bits per heavy atom. The lowest BCUT2D eigenvalue weighted by Gasteiger charge is -2.11. The Kier molecular flexibility index (Phi) is 3.50. The van der Waals surface area contributed by atoms with Crippen LogP contribution >= 0.6 is 11.6 Å². The molecule has 3 nitrogen and oxygen atoms in total. The molecule has 1 N–H and O–H groups in total. The van der Waals surface area contributed by atoms with E-state index >= 15 is 0 Å². The Labute approximate surface area is 126 Å². The lowest BCUT2D eigenvalue weighted by atomic mass is 10.1. The molecule has 1 aromatic heterocycles. The smallest absolute Gasteiger partial charge is 0.223 e. The zero-order chi connectivity index (χ0) is 14.8. The maximum absolute atomic E-state index is 11.3. The third-order valence-electron chi connectivity index (χ3n) is 3.23. The molecule has 0 aliphatic heterocycles. The number of pyridine rings is 1. The van der Waals surface area contributed by atoms with Crippen LogP contribution in [-0.2, 0) is 0 Å². The summed E-state index contributed by atoms with van der Waals surface area (Å²) < 4.78 is 1.68. The van der Waals surface area contributed by atoms with E-state index < -0.39 is 5.43 Å². The van der Waals surface area contributed by atoms with Crippen molar-refractivity contribution >= 4 is 11.6 Å².